The van der Waals surface area contributed by atoms with Gasteiger partial charge in [0.05, 0.1) is 5.92 Å². The number of carboxylic acid groups (broad SMARTS) is 1. The highest BCUT2D eigenvalue weighted by Gasteiger charge is 2.38. The molecule has 2 aromatic rings. The molecular weight excluding hydrogens is 313 g/mol. The first-order chi connectivity index (χ1) is 11.5. The van der Waals surface area contributed by atoms with E-state index < -0.39 is 11.9 Å². The van der Waals surface area contributed by atoms with E-state index in [2.05, 4.69) is 20.4 Å². The molecule has 1 aliphatic rings. The number of carbonyl (C=O) groups is 1. The predicted octanol–water partition coefficient (Wildman–Crippen LogP) is 1.31. The van der Waals surface area contributed by atoms with E-state index >= 15 is 0 Å². The average molecular weight is 333 g/mol. The molecule has 1 saturated heterocycles. The summed E-state index contributed by atoms with van der Waals surface area (Å²) in [4.78, 5) is 13.7. The Labute approximate surface area is 139 Å². The third-order valence-corrected chi connectivity index (χ3v) is 4.54. The first kappa shape index (κ1) is 16.5. The van der Waals surface area contributed by atoms with Gasteiger partial charge in [0, 0.05) is 25.6 Å². The van der Waals surface area contributed by atoms with E-state index in [1.54, 1.807) is 16.8 Å². The van der Waals surface area contributed by atoms with Gasteiger partial charge in [0.15, 0.2) is 0 Å². The van der Waals surface area contributed by atoms with Gasteiger partial charge in [-0.3, -0.25) is 4.79 Å². The first-order valence-electron chi connectivity index (χ1n) is 7.98. The maximum atomic E-state index is 13.5. The van der Waals surface area contributed by atoms with Crippen LogP contribution in [0, 0.1) is 18.7 Å². The lowest BCUT2D eigenvalue weighted by Crippen LogP contribution is -2.25. The van der Waals surface area contributed by atoms with Gasteiger partial charge >= 0.3 is 5.97 Å². The Bertz CT molecular complexity index is 720. The van der Waals surface area contributed by atoms with Crippen LogP contribution in [0.15, 0.2) is 24.3 Å². The molecule has 2 atom stereocenters. The van der Waals surface area contributed by atoms with E-state index in [-0.39, 0.29) is 11.7 Å². The van der Waals surface area contributed by atoms with Gasteiger partial charge in [-0.2, -0.15) is 0 Å². The van der Waals surface area contributed by atoms with Crippen LogP contribution in [0.5, 0.6) is 0 Å². The molecule has 1 aliphatic heterocycles. The summed E-state index contributed by atoms with van der Waals surface area (Å²) in [5, 5.41) is 20.8. The molecule has 3 rings (SSSR count). The summed E-state index contributed by atoms with van der Waals surface area (Å²) >= 11 is 0. The highest BCUT2D eigenvalue weighted by atomic mass is 19.1. The zero-order chi connectivity index (χ0) is 17.1. The second kappa shape index (κ2) is 7.04. The molecule has 0 bridgehead atoms. The van der Waals surface area contributed by atoms with Crippen molar-refractivity contribution in [1.29, 1.82) is 0 Å². The van der Waals surface area contributed by atoms with Gasteiger partial charge in [0.1, 0.15) is 11.6 Å². The van der Waals surface area contributed by atoms with Crippen molar-refractivity contribution in [2.24, 2.45) is 5.92 Å². The van der Waals surface area contributed by atoms with Gasteiger partial charge < -0.3 is 10.0 Å². The SMILES string of the molecule is Cc1nnnn1CCCN1CC(C(=O)O)C(c2cccc(F)c2)C1. The number of hydrogen-bond donors (Lipinski definition) is 1. The number of hydrogen-bond acceptors (Lipinski definition) is 5. The highest BCUT2D eigenvalue weighted by Crippen LogP contribution is 2.33. The summed E-state index contributed by atoms with van der Waals surface area (Å²) in [6.45, 7) is 4.39. The molecule has 24 heavy (non-hydrogen) atoms. The smallest absolute Gasteiger partial charge is 0.308 e. The maximum absolute atomic E-state index is 13.5. The van der Waals surface area contributed by atoms with E-state index in [1.807, 2.05) is 6.92 Å². The van der Waals surface area contributed by atoms with E-state index in [1.165, 1.54) is 12.1 Å². The van der Waals surface area contributed by atoms with Crippen LogP contribution in [0.4, 0.5) is 4.39 Å². The van der Waals surface area contributed by atoms with Crippen molar-refractivity contribution in [2.45, 2.75) is 25.8 Å². The molecule has 1 fully saturated rings. The lowest BCUT2D eigenvalue weighted by Gasteiger charge is -2.16. The van der Waals surface area contributed by atoms with E-state index in [0.717, 1.165) is 24.4 Å². The van der Waals surface area contributed by atoms with Crippen molar-refractivity contribution < 1.29 is 14.3 Å². The van der Waals surface area contributed by atoms with E-state index in [9.17, 15) is 14.3 Å². The van der Waals surface area contributed by atoms with Crippen LogP contribution < -0.4 is 0 Å². The van der Waals surface area contributed by atoms with Crippen molar-refractivity contribution in [2.75, 3.05) is 19.6 Å². The monoisotopic (exact) mass is 333 g/mol. The molecule has 2 heterocycles. The van der Waals surface area contributed by atoms with Crippen LogP contribution in [0.3, 0.4) is 0 Å². The Morgan fingerprint density at radius 2 is 2.21 bits per heavy atom. The molecular formula is C16H20FN5O2. The predicted molar refractivity (Wildman–Crippen MR) is 83.9 cm³/mol. The van der Waals surface area contributed by atoms with Crippen molar-refractivity contribution in [3.05, 3.63) is 41.5 Å². The lowest BCUT2D eigenvalue weighted by molar-refractivity contribution is -0.141. The number of halogens is 1. The Hall–Kier alpha value is -2.35. The molecule has 1 aromatic heterocycles. The zero-order valence-electron chi connectivity index (χ0n) is 13.5. The summed E-state index contributed by atoms with van der Waals surface area (Å²) < 4.78 is 15.2. The van der Waals surface area contributed by atoms with Crippen LogP contribution in [-0.2, 0) is 11.3 Å². The normalized spacial score (nSPS) is 21.2. The standard InChI is InChI=1S/C16H20FN5O2/c1-11-18-19-20-22(11)7-3-6-21-9-14(15(10-21)16(23)24)12-4-2-5-13(17)8-12/h2,4-5,8,14-15H,3,6-7,9-10H2,1H3,(H,23,24). The van der Waals surface area contributed by atoms with Crippen LogP contribution in [0.1, 0.15) is 23.7 Å². The average Bonchev–Trinajstić information content (AvgIpc) is 3.14. The Morgan fingerprint density at radius 3 is 2.88 bits per heavy atom. The molecule has 0 spiro atoms. The molecule has 0 saturated carbocycles. The number of aryl methyl sites for hydroxylation is 2. The molecule has 8 heteroatoms. The van der Waals surface area contributed by atoms with Gasteiger partial charge in [-0.1, -0.05) is 12.1 Å². The van der Waals surface area contributed by atoms with Crippen molar-refractivity contribution in [3.8, 4) is 0 Å². The summed E-state index contributed by atoms with van der Waals surface area (Å²) in [7, 11) is 0. The minimum absolute atomic E-state index is 0.187. The number of likely N-dealkylation sites (tertiary alicyclic amines) is 1. The third-order valence-electron chi connectivity index (χ3n) is 4.54. The number of aliphatic carboxylic acids is 1. The van der Waals surface area contributed by atoms with Gasteiger partial charge in [-0.15, -0.1) is 5.10 Å². The van der Waals surface area contributed by atoms with Gasteiger partial charge in [0.2, 0.25) is 0 Å². The van der Waals surface area contributed by atoms with Crippen molar-refractivity contribution >= 4 is 5.97 Å². The summed E-state index contributed by atoms with van der Waals surface area (Å²) in [6.07, 6.45) is 0.827. The number of aromatic nitrogens is 4. The number of rotatable bonds is 6. The highest BCUT2D eigenvalue weighted by molar-refractivity contribution is 5.72. The second-order valence-corrected chi connectivity index (χ2v) is 6.17. The minimum Gasteiger partial charge on any atom is -0.481 e. The fraction of sp³-hybridized carbons (Fsp3) is 0.500. The van der Waals surface area contributed by atoms with Gasteiger partial charge in [-0.25, -0.2) is 9.07 Å². The topological polar surface area (TPSA) is 84.1 Å². The maximum Gasteiger partial charge on any atom is 0.308 e. The molecule has 2 unspecified atom stereocenters. The van der Waals surface area contributed by atoms with Crippen LogP contribution in [-0.4, -0.2) is 55.8 Å². The van der Waals surface area contributed by atoms with E-state index in [4.69, 9.17) is 0 Å². The molecule has 7 nitrogen and oxygen atoms in total. The Balaban J connectivity index is 1.62. The van der Waals surface area contributed by atoms with Crippen LogP contribution in [0.25, 0.3) is 0 Å². The first-order valence-corrected chi connectivity index (χ1v) is 7.98. The van der Waals surface area contributed by atoms with Crippen LogP contribution >= 0.6 is 0 Å². The lowest BCUT2D eigenvalue weighted by atomic mass is 9.89. The summed E-state index contributed by atoms with van der Waals surface area (Å²) in [6, 6.07) is 6.25. The number of nitrogens with zero attached hydrogens (tertiary/aromatic N) is 5. The van der Waals surface area contributed by atoms with Crippen molar-refractivity contribution in [1.82, 2.24) is 25.1 Å². The number of tetrazole rings is 1. The van der Waals surface area contributed by atoms with Crippen molar-refractivity contribution in [3.63, 3.8) is 0 Å². The molecule has 0 amide bonds. The molecule has 0 aliphatic carbocycles. The second-order valence-electron chi connectivity index (χ2n) is 6.17. The number of carboxylic acids is 1. The molecule has 1 N–H and O–H groups in total. The molecule has 128 valence electrons. The van der Waals surface area contributed by atoms with E-state index in [0.29, 0.717) is 19.6 Å². The van der Waals surface area contributed by atoms with Crippen LogP contribution in [0.2, 0.25) is 0 Å². The van der Waals surface area contributed by atoms with Gasteiger partial charge in [-0.05, 0) is 48.0 Å². The zero-order valence-corrected chi connectivity index (χ0v) is 13.5. The fourth-order valence-electron chi connectivity index (χ4n) is 3.29. The Kier molecular flexibility index (Phi) is 4.84. The largest absolute Gasteiger partial charge is 0.481 e. The van der Waals surface area contributed by atoms with Gasteiger partial charge in [0.25, 0.3) is 0 Å². The summed E-state index contributed by atoms with van der Waals surface area (Å²) in [5.41, 5.74) is 0.751. The molecule has 0 radical (unpaired) electrons. The quantitative estimate of drug-likeness (QED) is 0.858. The number of benzene rings is 1. The third kappa shape index (κ3) is 3.59. The Morgan fingerprint density at radius 1 is 1.38 bits per heavy atom. The molecule has 1 aromatic carbocycles. The fourth-order valence-corrected chi connectivity index (χ4v) is 3.29. The minimum atomic E-state index is -0.830. The summed E-state index contributed by atoms with van der Waals surface area (Å²) in [5.74, 6) is -1.10.